The van der Waals surface area contributed by atoms with Crippen molar-refractivity contribution < 1.29 is 4.79 Å². The summed E-state index contributed by atoms with van der Waals surface area (Å²) in [4.78, 5) is 15.9. The number of nitrogens with zero attached hydrogens (tertiary/aromatic N) is 3. The van der Waals surface area contributed by atoms with Crippen molar-refractivity contribution >= 4 is 34.4 Å². The van der Waals surface area contributed by atoms with Gasteiger partial charge in [-0.05, 0) is 23.8 Å². The number of rotatable bonds is 5. The Hall–Kier alpha value is -3.62. The van der Waals surface area contributed by atoms with E-state index in [1.165, 1.54) is 0 Å². The molecule has 5 nitrogen and oxygen atoms in total. The predicted molar refractivity (Wildman–Crippen MR) is 109 cm³/mol. The van der Waals surface area contributed by atoms with Crippen molar-refractivity contribution in [1.29, 1.82) is 5.26 Å². The van der Waals surface area contributed by atoms with Crippen molar-refractivity contribution in [3.8, 4) is 6.07 Å². The molecule has 6 heteroatoms. The first-order chi connectivity index (χ1) is 13.6. The molecule has 0 saturated carbocycles. The van der Waals surface area contributed by atoms with Crippen LogP contribution in [-0.4, -0.2) is 20.5 Å². The molecular weight excluding hydrogens is 372 g/mol. The minimum absolute atomic E-state index is 0.0510. The number of allylic oxidation sites excluding steroid dienone is 1. The van der Waals surface area contributed by atoms with Gasteiger partial charge in [0.15, 0.2) is 0 Å². The summed E-state index contributed by atoms with van der Waals surface area (Å²) >= 11 is 5.99. The fourth-order valence-electron chi connectivity index (χ4n) is 3.06. The number of aromatic amines is 1. The van der Waals surface area contributed by atoms with E-state index in [1.807, 2.05) is 42.6 Å². The third-order valence-electron chi connectivity index (χ3n) is 4.41. The molecule has 0 bridgehead atoms. The second-order valence-electron chi connectivity index (χ2n) is 6.35. The SMILES string of the molecule is N#C/C(=C/c1cnn(Cc2ccccc2)c1)C(=O)c1c[nH]c2cc(Cl)ccc12. The van der Waals surface area contributed by atoms with Gasteiger partial charge < -0.3 is 4.98 Å². The smallest absolute Gasteiger partial charge is 0.205 e. The molecule has 4 aromatic rings. The molecule has 0 spiro atoms. The molecule has 0 unspecified atom stereocenters. The monoisotopic (exact) mass is 386 g/mol. The number of ketones is 1. The van der Waals surface area contributed by atoms with E-state index in [9.17, 15) is 10.1 Å². The van der Waals surface area contributed by atoms with Gasteiger partial charge in [0, 0.05) is 39.4 Å². The summed E-state index contributed by atoms with van der Waals surface area (Å²) < 4.78 is 1.77. The van der Waals surface area contributed by atoms with Crippen LogP contribution in [0, 0.1) is 11.3 Å². The number of Topliss-reactive ketones (excluding diaryl/α,β-unsaturated/α-hetero) is 1. The van der Waals surface area contributed by atoms with Crippen molar-refractivity contribution in [2.45, 2.75) is 6.54 Å². The van der Waals surface area contributed by atoms with E-state index in [-0.39, 0.29) is 11.4 Å². The highest BCUT2D eigenvalue weighted by atomic mass is 35.5. The van der Waals surface area contributed by atoms with Crippen LogP contribution < -0.4 is 0 Å². The molecule has 0 aliphatic heterocycles. The summed E-state index contributed by atoms with van der Waals surface area (Å²) in [5.41, 5.74) is 3.06. The summed E-state index contributed by atoms with van der Waals surface area (Å²) in [6, 6.07) is 17.2. The van der Waals surface area contributed by atoms with E-state index in [4.69, 9.17) is 11.6 Å². The minimum atomic E-state index is -0.341. The first-order valence-corrected chi connectivity index (χ1v) is 9.01. The Kier molecular flexibility index (Phi) is 4.79. The molecule has 136 valence electrons. The maximum absolute atomic E-state index is 12.9. The number of carbonyl (C=O) groups is 1. The standard InChI is InChI=1S/C22H15ClN4O/c23-18-6-7-19-20(12-25-21(19)9-18)22(28)17(10-24)8-16-11-26-27(14-16)13-15-4-2-1-3-5-15/h1-9,11-12,14,25H,13H2/b17-8-. The minimum Gasteiger partial charge on any atom is -0.360 e. The second kappa shape index (κ2) is 7.55. The summed E-state index contributed by atoms with van der Waals surface area (Å²) in [6.45, 7) is 0.619. The van der Waals surface area contributed by atoms with Crippen molar-refractivity contribution in [1.82, 2.24) is 14.8 Å². The molecule has 0 radical (unpaired) electrons. The number of nitriles is 1. The normalized spacial score (nSPS) is 11.5. The van der Waals surface area contributed by atoms with Crippen LogP contribution in [0.4, 0.5) is 0 Å². The largest absolute Gasteiger partial charge is 0.360 e. The first-order valence-electron chi connectivity index (χ1n) is 8.63. The molecular formula is C22H15ClN4O. The van der Waals surface area contributed by atoms with Crippen molar-refractivity contribution in [3.05, 3.63) is 94.4 Å². The van der Waals surface area contributed by atoms with E-state index in [2.05, 4.69) is 10.1 Å². The van der Waals surface area contributed by atoms with Crippen molar-refractivity contribution in [2.75, 3.05) is 0 Å². The number of nitrogens with one attached hydrogen (secondary N) is 1. The third kappa shape index (κ3) is 3.59. The van der Waals surface area contributed by atoms with E-state index in [0.717, 1.165) is 16.5 Å². The number of hydrogen-bond donors (Lipinski definition) is 1. The van der Waals surface area contributed by atoms with Crippen LogP contribution in [0.25, 0.3) is 17.0 Å². The van der Waals surface area contributed by atoms with Crippen LogP contribution in [0.15, 0.2) is 72.7 Å². The molecule has 28 heavy (non-hydrogen) atoms. The molecule has 0 aliphatic carbocycles. The lowest BCUT2D eigenvalue weighted by molar-refractivity contribution is 0.104. The number of aromatic nitrogens is 3. The Labute approximate surface area is 166 Å². The number of fused-ring (bicyclic) bond motifs is 1. The number of hydrogen-bond acceptors (Lipinski definition) is 3. The fourth-order valence-corrected chi connectivity index (χ4v) is 3.23. The maximum atomic E-state index is 12.9. The summed E-state index contributed by atoms with van der Waals surface area (Å²) in [5, 5.41) is 15.1. The Morgan fingerprint density at radius 1 is 1.25 bits per heavy atom. The van der Waals surface area contributed by atoms with Crippen molar-refractivity contribution in [2.24, 2.45) is 0 Å². The number of carbonyl (C=O) groups excluding carboxylic acids is 1. The van der Waals surface area contributed by atoms with Gasteiger partial charge in [-0.2, -0.15) is 10.4 Å². The van der Waals surface area contributed by atoms with Gasteiger partial charge in [0.05, 0.1) is 12.7 Å². The van der Waals surface area contributed by atoms with Crippen LogP contribution in [0.3, 0.4) is 0 Å². The average molecular weight is 387 g/mol. The maximum Gasteiger partial charge on any atom is 0.205 e. The molecule has 0 atom stereocenters. The van der Waals surface area contributed by atoms with Gasteiger partial charge in [-0.1, -0.05) is 48.0 Å². The highest BCUT2D eigenvalue weighted by molar-refractivity contribution is 6.31. The lowest BCUT2D eigenvalue weighted by Gasteiger charge is -2.00. The van der Waals surface area contributed by atoms with Gasteiger partial charge >= 0.3 is 0 Å². The Balaban J connectivity index is 1.60. The zero-order valence-electron chi connectivity index (χ0n) is 14.8. The Morgan fingerprint density at radius 3 is 2.86 bits per heavy atom. The highest BCUT2D eigenvalue weighted by Gasteiger charge is 2.17. The molecule has 0 fully saturated rings. The van der Waals surface area contributed by atoms with Gasteiger partial charge in [-0.25, -0.2) is 0 Å². The molecule has 0 aliphatic rings. The van der Waals surface area contributed by atoms with Crippen LogP contribution in [0.2, 0.25) is 5.02 Å². The first kappa shape index (κ1) is 17.8. The molecule has 2 aromatic heterocycles. The Morgan fingerprint density at radius 2 is 2.07 bits per heavy atom. The fraction of sp³-hybridized carbons (Fsp3) is 0.0455. The molecule has 2 heterocycles. The van der Waals surface area contributed by atoms with Gasteiger partial charge in [-0.3, -0.25) is 9.48 Å². The Bertz CT molecular complexity index is 1230. The van der Waals surface area contributed by atoms with E-state index in [1.54, 1.807) is 41.4 Å². The van der Waals surface area contributed by atoms with E-state index < -0.39 is 0 Å². The van der Waals surface area contributed by atoms with Gasteiger partial charge in [0.1, 0.15) is 11.6 Å². The molecule has 0 saturated heterocycles. The van der Waals surface area contributed by atoms with Crippen molar-refractivity contribution in [3.63, 3.8) is 0 Å². The molecule has 2 aromatic carbocycles. The number of H-pyrrole nitrogens is 1. The lowest BCUT2D eigenvalue weighted by atomic mass is 10.0. The molecule has 0 amide bonds. The number of benzene rings is 2. The van der Waals surface area contributed by atoms with Crippen LogP contribution in [0.5, 0.6) is 0 Å². The summed E-state index contributed by atoms with van der Waals surface area (Å²) in [7, 11) is 0. The van der Waals surface area contributed by atoms with E-state index >= 15 is 0 Å². The predicted octanol–water partition coefficient (Wildman–Crippen LogP) is 4.86. The van der Waals surface area contributed by atoms with Crippen LogP contribution in [-0.2, 0) is 6.54 Å². The lowest BCUT2D eigenvalue weighted by Crippen LogP contribution is -2.01. The average Bonchev–Trinajstić information content (AvgIpc) is 3.32. The van der Waals surface area contributed by atoms with Crippen LogP contribution >= 0.6 is 11.6 Å². The number of halogens is 1. The quantitative estimate of drug-likeness (QED) is 0.302. The van der Waals surface area contributed by atoms with Gasteiger partial charge in [-0.15, -0.1) is 0 Å². The zero-order chi connectivity index (χ0) is 19.5. The zero-order valence-corrected chi connectivity index (χ0v) is 15.5. The van der Waals surface area contributed by atoms with Crippen LogP contribution in [0.1, 0.15) is 21.5 Å². The third-order valence-corrected chi connectivity index (χ3v) is 4.64. The second-order valence-corrected chi connectivity index (χ2v) is 6.78. The highest BCUT2D eigenvalue weighted by Crippen LogP contribution is 2.24. The van der Waals surface area contributed by atoms with Gasteiger partial charge in [0.25, 0.3) is 0 Å². The van der Waals surface area contributed by atoms with E-state index in [0.29, 0.717) is 22.7 Å². The summed E-state index contributed by atoms with van der Waals surface area (Å²) in [6.07, 6.45) is 6.62. The van der Waals surface area contributed by atoms with Gasteiger partial charge in [0.2, 0.25) is 5.78 Å². The molecule has 4 rings (SSSR count). The topological polar surface area (TPSA) is 74.5 Å². The molecule has 1 N–H and O–H groups in total. The summed E-state index contributed by atoms with van der Waals surface area (Å²) in [5.74, 6) is -0.341.